The Morgan fingerprint density at radius 1 is 1.36 bits per heavy atom. The van der Waals surface area contributed by atoms with E-state index < -0.39 is 0 Å². The van der Waals surface area contributed by atoms with E-state index in [2.05, 4.69) is 4.98 Å². The van der Waals surface area contributed by atoms with E-state index >= 15 is 0 Å². The maximum atomic E-state index is 10.6. The SMILES string of the molecule is COc1cc2[nH]c(C=O)cc2cc1C. The lowest BCUT2D eigenvalue weighted by Crippen LogP contribution is -1.86. The van der Waals surface area contributed by atoms with Crippen molar-refractivity contribution in [2.45, 2.75) is 6.92 Å². The molecule has 0 saturated carbocycles. The number of aromatic nitrogens is 1. The molecule has 1 heterocycles. The summed E-state index contributed by atoms with van der Waals surface area (Å²) in [4.78, 5) is 13.6. The molecule has 3 heteroatoms. The van der Waals surface area contributed by atoms with Crippen LogP contribution in [0.15, 0.2) is 18.2 Å². The summed E-state index contributed by atoms with van der Waals surface area (Å²) in [6.45, 7) is 1.98. The van der Waals surface area contributed by atoms with Crippen molar-refractivity contribution < 1.29 is 9.53 Å². The Morgan fingerprint density at radius 3 is 2.79 bits per heavy atom. The van der Waals surface area contributed by atoms with E-state index in [1.807, 2.05) is 25.1 Å². The van der Waals surface area contributed by atoms with Gasteiger partial charge in [0.25, 0.3) is 0 Å². The number of rotatable bonds is 2. The predicted molar refractivity (Wildman–Crippen MR) is 55.0 cm³/mol. The Morgan fingerprint density at radius 2 is 2.14 bits per heavy atom. The fourth-order valence-corrected chi connectivity index (χ4v) is 1.58. The molecule has 1 N–H and O–H groups in total. The average Bonchev–Trinajstić information content (AvgIpc) is 2.58. The van der Waals surface area contributed by atoms with E-state index in [0.717, 1.165) is 28.5 Å². The highest BCUT2D eigenvalue weighted by Gasteiger charge is 2.04. The molecular weight excluding hydrogens is 178 g/mol. The molecule has 0 bridgehead atoms. The summed E-state index contributed by atoms with van der Waals surface area (Å²) < 4.78 is 5.19. The fourth-order valence-electron chi connectivity index (χ4n) is 1.58. The molecule has 0 saturated heterocycles. The molecule has 2 aromatic rings. The summed E-state index contributed by atoms with van der Waals surface area (Å²) in [5.74, 6) is 0.830. The van der Waals surface area contributed by atoms with Gasteiger partial charge in [-0.3, -0.25) is 4.79 Å². The molecule has 14 heavy (non-hydrogen) atoms. The van der Waals surface area contributed by atoms with Crippen LogP contribution in [0.25, 0.3) is 10.9 Å². The monoisotopic (exact) mass is 189 g/mol. The molecule has 0 aliphatic carbocycles. The van der Waals surface area contributed by atoms with Crippen LogP contribution in [0.4, 0.5) is 0 Å². The number of carbonyl (C=O) groups is 1. The molecule has 0 aliphatic rings. The first kappa shape index (κ1) is 8.81. The van der Waals surface area contributed by atoms with Gasteiger partial charge >= 0.3 is 0 Å². The van der Waals surface area contributed by atoms with Gasteiger partial charge in [-0.25, -0.2) is 0 Å². The van der Waals surface area contributed by atoms with Gasteiger partial charge in [0, 0.05) is 17.0 Å². The normalized spacial score (nSPS) is 10.4. The Balaban J connectivity index is 2.69. The third-order valence-electron chi connectivity index (χ3n) is 2.28. The third-order valence-corrected chi connectivity index (χ3v) is 2.28. The van der Waals surface area contributed by atoms with Crippen LogP contribution in [-0.4, -0.2) is 18.4 Å². The van der Waals surface area contributed by atoms with Gasteiger partial charge in [0.05, 0.1) is 12.8 Å². The van der Waals surface area contributed by atoms with Gasteiger partial charge in [-0.1, -0.05) is 0 Å². The molecule has 0 aliphatic heterocycles. The second-order valence-corrected chi connectivity index (χ2v) is 3.25. The first-order valence-electron chi connectivity index (χ1n) is 4.37. The van der Waals surface area contributed by atoms with Gasteiger partial charge in [0.2, 0.25) is 0 Å². The molecule has 1 aromatic carbocycles. The van der Waals surface area contributed by atoms with Gasteiger partial charge in [0.15, 0.2) is 6.29 Å². The number of fused-ring (bicyclic) bond motifs is 1. The van der Waals surface area contributed by atoms with Crippen molar-refractivity contribution in [1.82, 2.24) is 4.98 Å². The zero-order chi connectivity index (χ0) is 10.1. The minimum Gasteiger partial charge on any atom is -0.496 e. The predicted octanol–water partition coefficient (Wildman–Crippen LogP) is 2.30. The van der Waals surface area contributed by atoms with E-state index in [0.29, 0.717) is 5.69 Å². The van der Waals surface area contributed by atoms with E-state index in [1.165, 1.54) is 0 Å². The summed E-state index contributed by atoms with van der Waals surface area (Å²) in [6.07, 6.45) is 0.807. The molecule has 0 spiro atoms. The van der Waals surface area contributed by atoms with Crippen molar-refractivity contribution in [3.05, 3.63) is 29.5 Å². The largest absolute Gasteiger partial charge is 0.496 e. The Kier molecular flexibility index (Phi) is 2.00. The first-order valence-corrected chi connectivity index (χ1v) is 4.37. The lowest BCUT2D eigenvalue weighted by atomic mass is 10.1. The zero-order valence-electron chi connectivity index (χ0n) is 8.13. The maximum absolute atomic E-state index is 10.6. The number of aldehydes is 1. The number of methoxy groups -OCH3 is 1. The van der Waals surface area contributed by atoms with Crippen molar-refractivity contribution >= 4 is 17.2 Å². The Bertz CT molecular complexity index is 485. The minimum atomic E-state index is 0.590. The summed E-state index contributed by atoms with van der Waals surface area (Å²) in [5, 5.41) is 1.03. The summed E-state index contributed by atoms with van der Waals surface area (Å²) >= 11 is 0. The molecule has 0 fully saturated rings. The molecule has 72 valence electrons. The summed E-state index contributed by atoms with van der Waals surface area (Å²) in [6, 6.07) is 5.73. The quantitative estimate of drug-likeness (QED) is 0.736. The zero-order valence-corrected chi connectivity index (χ0v) is 8.13. The van der Waals surface area contributed by atoms with Gasteiger partial charge in [-0.05, 0) is 24.6 Å². The number of benzene rings is 1. The highest BCUT2D eigenvalue weighted by atomic mass is 16.5. The summed E-state index contributed by atoms with van der Waals surface area (Å²) in [5.41, 5.74) is 2.58. The Hall–Kier alpha value is -1.77. The fraction of sp³-hybridized carbons (Fsp3) is 0.182. The van der Waals surface area contributed by atoms with Gasteiger partial charge in [-0.15, -0.1) is 0 Å². The number of nitrogens with one attached hydrogen (secondary N) is 1. The van der Waals surface area contributed by atoms with Gasteiger partial charge in [-0.2, -0.15) is 0 Å². The minimum absolute atomic E-state index is 0.590. The molecule has 0 atom stereocenters. The highest BCUT2D eigenvalue weighted by molar-refractivity contribution is 5.89. The molecular formula is C11H11NO2. The second kappa shape index (κ2) is 3.18. The standard InChI is InChI=1S/C11H11NO2/c1-7-3-8-4-9(6-13)12-10(8)5-11(7)14-2/h3-6,12H,1-2H3. The lowest BCUT2D eigenvalue weighted by Gasteiger charge is -2.03. The number of hydrogen-bond acceptors (Lipinski definition) is 2. The highest BCUT2D eigenvalue weighted by Crippen LogP contribution is 2.25. The summed E-state index contributed by atoms with van der Waals surface area (Å²) in [7, 11) is 1.64. The van der Waals surface area contributed by atoms with Crippen molar-refractivity contribution in [1.29, 1.82) is 0 Å². The van der Waals surface area contributed by atoms with Crippen LogP contribution in [0.1, 0.15) is 16.1 Å². The smallest absolute Gasteiger partial charge is 0.166 e. The van der Waals surface area contributed by atoms with Crippen LogP contribution >= 0.6 is 0 Å². The van der Waals surface area contributed by atoms with Crippen LogP contribution in [-0.2, 0) is 0 Å². The number of ether oxygens (including phenoxy) is 1. The number of hydrogen-bond donors (Lipinski definition) is 1. The van der Waals surface area contributed by atoms with Crippen molar-refractivity contribution in [3.8, 4) is 5.75 Å². The van der Waals surface area contributed by atoms with E-state index in [9.17, 15) is 4.79 Å². The number of carbonyl (C=O) groups excluding carboxylic acids is 1. The molecule has 0 amide bonds. The lowest BCUT2D eigenvalue weighted by molar-refractivity contribution is 0.112. The van der Waals surface area contributed by atoms with Crippen LogP contribution in [0.3, 0.4) is 0 Å². The second-order valence-electron chi connectivity index (χ2n) is 3.25. The third kappa shape index (κ3) is 1.27. The van der Waals surface area contributed by atoms with Crippen molar-refractivity contribution in [2.24, 2.45) is 0 Å². The molecule has 2 rings (SSSR count). The van der Waals surface area contributed by atoms with Crippen LogP contribution in [0, 0.1) is 6.92 Å². The number of aromatic amines is 1. The topological polar surface area (TPSA) is 42.1 Å². The average molecular weight is 189 g/mol. The Labute approximate surface area is 81.7 Å². The van der Waals surface area contributed by atoms with Gasteiger partial charge in [0.1, 0.15) is 5.75 Å². The van der Waals surface area contributed by atoms with Crippen LogP contribution in [0.5, 0.6) is 5.75 Å². The number of aryl methyl sites for hydroxylation is 1. The van der Waals surface area contributed by atoms with E-state index in [4.69, 9.17) is 4.74 Å². The number of H-pyrrole nitrogens is 1. The maximum Gasteiger partial charge on any atom is 0.166 e. The first-order chi connectivity index (χ1) is 6.74. The molecule has 1 aromatic heterocycles. The molecule has 0 radical (unpaired) electrons. The van der Waals surface area contributed by atoms with Crippen LogP contribution in [0.2, 0.25) is 0 Å². The van der Waals surface area contributed by atoms with Crippen LogP contribution < -0.4 is 4.74 Å². The van der Waals surface area contributed by atoms with E-state index in [-0.39, 0.29) is 0 Å². The van der Waals surface area contributed by atoms with Gasteiger partial charge < -0.3 is 9.72 Å². The van der Waals surface area contributed by atoms with Crippen molar-refractivity contribution in [2.75, 3.05) is 7.11 Å². The molecule has 0 unspecified atom stereocenters. The van der Waals surface area contributed by atoms with E-state index in [1.54, 1.807) is 7.11 Å². The molecule has 3 nitrogen and oxygen atoms in total. The van der Waals surface area contributed by atoms with Crippen molar-refractivity contribution in [3.63, 3.8) is 0 Å².